The summed E-state index contributed by atoms with van der Waals surface area (Å²) in [5, 5.41) is 1.12. The molecule has 0 radical (unpaired) electrons. The van der Waals surface area contributed by atoms with Crippen LogP contribution >= 0.6 is 11.3 Å². The van der Waals surface area contributed by atoms with Crippen molar-refractivity contribution in [3.8, 4) is 5.75 Å². The molecule has 1 atom stereocenters. The number of thiazole rings is 1. The van der Waals surface area contributed by atoms with Crippen LogP contribution in [0.2, 0.25) is 0 Å². The average Bonchev–Trinajstić information content (AvgIpc) is 3.08. The van der Waals surface area contributed by atoms with Gasteiger partial charge in [-0.2, -0.15) is 0 Å². The molecule has 1 saturated heterocycles. The quantitative estimate of drug-likeness (QED) is 0.571. The molecule has 2 heterocycles. The van der Waals surface area contributed by atoms with Crippen LogP contribution in [-0.4, -0.2) is 48.5 Å². The maximum Gasteiger partial charge on any atom is 0.186 e. The minimum atomic E-state index is 0.0975. The van der Waals surface area contributed by atoms with E-state index in [1.165, 1.54) is 15.8 Å². The van der Waals surface area contributed by atoms with Gasteiger partial charge >= 0.3 is 0 Å². The second-order valence-corrected chi connectivity index (χ2v) is 8.89. The molecule has 2 aromatic carbocycles. The number of carbonyl (C=O) groups is 1. The number of rotatable bonds is 6. The lowest BCUT2D eigenvalue weighted by molar-refractivity contribution is -0.109. The molecule has 0 aliphatic carbocycles. The lowest BCUT2D eigenvalue weighted by atomic mass is 10.1. The van der Waals surface area contributed by atoms with E-state index in [0.717, 1.165) is 54.4 Å². The SMILES string of the molecule is Cc1cc(CN2CCN(c3nc4ccc(C)cc4s3)[C@H](C)C2)cc(OCC=O)c1. The highest BCUT2D eigenvalue weighted by Crippen LogP contribution is 2.32. The van der Waals surface area contributed by atoms with Gasteiger partial charge in [0.2, 0.25) is 0 Å². The molecule has 4 rings (SSSR count). The molecule has 3 aromatic rings. The van der Waals surface area contributed by atoms with Gasteiger partial charge in [0.05, 0.1) is 10.2 Å². The van der Waals surface area contributed by atoms with E-state index in [0.29, 0.717) is 6.04 Å². The predicted octanol–water partition coefficient (Wildman–Crippen LogP) is 4.20. The Morgan fingerprint density at radius 1 is 1.17 bits per heavy atom. The number of hydrogen-bond donors (Lipinski definition) is 0. The highest BCUT2D eigenvalue weighted by atomic mass is 32.1. The summed E-state index contributed by atoms with van der Waals surface area (Å²) in [7, 11) is 0. The zero-order chi connectivity index (χ0) is 20.4. The van der Waals surface area contributed by atoms with Crippen LogP contribution in [0.25, 0.3) is 10.2 Å². The molecule has 1 aliphatic heterocycles. The standard InChI is InChI=1S/C23H27N3O2S/c1-16-4-5-21-22(12-16)29-23(24-21)26-7-6-25(14-18(26)3)15-19-10-17(2)11-20(13-19)28-9-8-27/h4-5,8,10-13,18H,6-7,9,14-15H2,1-3H3/t18-/m1/s1. The van der Waals surface area contributed by atoms with Crippen LogP contribution < -0.4 is 9.64 Å². The third-order valence-corrected chi connectivity index (χ3v) is 6.38. The normalized spacial score (nSPS) is 17.6. The van der Waals surface area contributed by atoms with Crippen LogP contribution in [0.5, 0.6) is 5.75 Å². The number of aromatic nitrogens is 1. The Kier molecular flexibility index (Phi) is 5.83. The van der Waals surface area contributed by atoms with Crippen molar-refractivity contribution in [2.45, 2.75) is 33.4 Å². The molecule has 29 heavy (non-hydrogen) atoms. The van der Waals surface area contributed by atoms with E-state index in [9.17, 15) is 4.79 Å². The van der Waals surface area contributed by atoms with Gasteiger partial charge in [0.25, 0.3) is 0 Å². The van der Waals surface area contributed by atoms with Crippen LogP contribution in [0.3, 0.4) is 0 Å². The topological polar surface area (TPSA) is 45.7 Å². The van der Waals surface area contributed by atoms with Crippen molar-refractivity contribution in [2.24, 2.45) is 0 Å². The Morgan fingerprint density at radius 3 is 2.83 bits per heavy atom. The summed E-state index contributed by atoms with van der Waals surface area (Å²) in [6.45, 7) is 10.4. The molecular formula is C23H27N3O2S. The number of piperazine rings is 1. The fourth-order valence-corrected chi connectivity index (χ4v) is 5.18. The molecule has 152 valence electrons. The monoisotopic (exact) mass is 409 g/mol. The zero-order valence-corrected chi connectivity index (χ0v) is 18.0. The maximum absolute atomic E-state index is 10.6. The van der Waals surface area contributed by atoms with Gasteiger partial charge in [-0.1, -0.05) is 23.5 Å². The van der Waals surface area contributed by atoms with Crippen molar-refractivity contribution in [3.05, 3.63) is 53.1 Å². The van der Waals surface area contributed by atoms with E-state index >= 15 is 0 Å². The predicted molar refractivity (Wildman–Crippen MR) is 119 cm³/mol. The summed E-state index contributed by atoms with van der Waals surface area (Å²) in [4.78, 5) is 20.4. The van der Waals surface area contributed by atoms with Gasteiger partial charge in [0.1, 0.15) is 12.4 Å². The van der Waals surface area contributed by atoms with Crippen molar-refractivity contribution in [2.75, 3.05) is 31.1 Å². The summed E-state index contributed by atoms with van der Waals surface area (Å²) < 4.78 is 6.76. The van der Waals surface area contributed by atoms with Crippen LogP contribution in [0.4, 0.5) is 5.13 Å². The number of aryl methyl sites for hydroxylation is 2. The van der Waals surface area contributed by atoms with E-state index in [1.807, 2.05) is 12.1 Å². The minimum absolute atomic E-state index is 0.0975. The molecule has 0 amide bonds. The second kappa shape index (κ2) is 8.51. The third-order valence-electron chi connectivity index (χ3n) is 5.32. The van der Waals surface area contributed by atoms with Crippen molar-refractivity contribution < 1.29 is 9.53 Å². The van der Waals surface area contributed by atoms with Gasteiger partial charge in [0, 0.05) is 32.2 Å². The molecule has 1 aliphatic rings. The Hall–Kier alpha value is -2.44. The van der Waals surface area contributed by atoms with Crippen molar-refractivity contribution in [1.29, 1.82) is 0 Å². The number of nitrogens with zero attached hydrogens (tertiary/aromatic N) is 3. The van der Waals surface area contributed by atoms with Gasteiger partial charge in [-0.3, -0.25) is 9.69 Å². The first-order valence-electron chi connectivity index (χ1n) is 10.0. The lowest BCUT2D eigenvalue weighted by Crippen LogP contribution is -2.51. The van der Waals surface area contributed by atoms with Gasteiger partial charge in [-0.15, -0.1) is 0 Å². The van der Waals surface area contributed by atoms with Crippen LogP contribution in [-0.2, 0) is 11.3 Å². The van der Waals surface area contributed by atoms with Crippen LogP contribution in [0.15, 0.2) is 36.4 Å². The first kappa shape index (κ1) is 19.9. The fourth-order valence-electron chi connectivity index (χ4n) is 3.99. The lowest BCUT2D eigenvalue weighted by Gasteiger charge is -2.39. The molecule has 1 aromatic heterocycles. The van der Waals surface area contributed by atoms with Gasteiger partial charge in [-0.05, 0) is 61.7 Å². The largest absolute Gasteiger partial charge is 0.486 e. The summed E-state index contributed by atoms with van der Waals surface area (Å²) in [5.41, 5.74) is 4.75. The van der Waals surface area contributed by atoms with Gasteiger partial charge < -0.3 is 9.64 Å². The van der Waals surface area contributed by atoms with Crippen LogP contribution in [0, 0.1) is 13.8 Å². The number of benzene rings is 2. The first-order valence-corrected chi connectivity index (χ1v) is 10.9. The molecule has 5 nitrogen and oxygen atoms in total. The smallest absolute Gasteiger partial charge is 0.186 e. The van der Waals surface area contributed by atoms with E-state index < -0.39 is 0 Å². The molecular weight excluding hydrogens is 382 g/mol. The number of anilines is 1. The van der Waals surface area contributed by atoms with Gasteiger partial charge in [-0.25, -0.2) is 4.98 Å². The van der Waals surface area contributed by atoms with Crippen molar-refractivity contribution in [1.82, 2.24) is 9.88 Å². The number of ether oxygens (including phenoxy) is 1. The van der Waals surface area contributed by atoms with Crippen molar-refractivity contribution in [3.63, 3.8) is 0 Å². The van der Waals surface area contributed by atoms with E-state index in [4.69, 9.17) is 9.72 Å². The summed E-state index contributed by atoms with van der Waals surface area (Å²) in [6, 6.07) is 13.1. The number of hydrogen-bond acceptors (Lipinski definition) is 6. The molecule has 6 heteroatoms. The summed E-state index contributed by atoms with van der Waals surface area (Å²) >= 11 is 1.79. The summed E-state index contributed by atoms with van der Waals surface area (Å²) in [6.07, 6.45) is 0.784. The van der Waals surface area contributed by atoms with E-state index in [2.05, 4.69) is 54.8 Å². The Morgan fingerprint density at radius 2 is 2.03 bits per heavy atom. The minimum Gasteiger partial charge on any atom is -0.486 e. The average molecular weight is 410 g/mol. The molecule has 0 bridgehead atoms. The molecule has 1 fully saturated rings. The van der Waals surface area contributed by atoms with Crippen molar-refractivity contribution >= 4 is 33.0 Å². The van der Waals surface area contributed by atoms with E-state index in [1.54, 1.807) is 11.3 Å². The Bertz CT molecular complexity index is 1020. The molecule has 0 N–H and O–H groups in total. The Labute approximate surface area is 175 Å². The fraction of sp³-hybridized carbons (Fsp3) is 0.391. The third kappa shape index (κ3) is 4.60. The number of aldehydes is 1. The highest BCUT2D eigenvalue weighted by Gasteiger charge is 2.26. The molecule has 0 spiro atoms. The first-order chi connectivity index (χ1) is 14.0. The second-order valence-electron chi connectivity index (χ2n) is 7.88. The number of fused-ring (bicyclic) bond motifs is 1. The zero-order valence-electron chi connectivity index (χ0n) is 17.2. The van der Waals surface area contributed by atoms with Crippen LogP contribution in [0.1, 0.15) is 23.6 Å². The number of carbonyl (C=O) groups excluding carboxylic acids is 1. The Balaban J connectivity index is 1.43. The molecule has 0 saturated carbocycles. The van der Waals surface area contributed by atoms with Gasteiger partial charge in [0.15, 0.2) is 11.4 Å². The maximum atomic E-state index is 10.6. The highest BCUT2D eigenvalue weighted by molar-refractivity contribution is 7.22. The molecule has 0 unspecified atom stereocenters. The summed E-state index contributed by atoms with van der Waals surface area (Å²) in [5.74, 6) is 0.767. The van der Waals surface area contributed by atoms with E-state index in [-0.39, 0.29) is 6.61 Å².